The van der Waals surface area contributed by atoms with E-state index in [0.29, 0.717) is 17.5 Å². The molecule has 1 aliphatic rings. The van der Waals surface area contributed by atoms with Gasteiger partial charge in [0.1, 0.15) is 5.82 Å². The van der Waals surface area contributed by atoms with Crippen molar-refractivity contribution in [3.8, 4) is 6.07 Å². The molecule has 3 rings (SSSR count). The van der Waals surface area contributed by atoms with E-state index >= 15 is 0 Å². The van der Waals surface area contributed by atoms with Gasteiger partial charge in [0.15, 0.2) is 0 Å². The van der Waals surface area contributed by atoms with Crippen molar-refractivity contribution in [1.29, 1.82) is 5.26 Å². The zero-order valence-corrected chi connectivity index (χ0v) is 16.8. The lowest BCUT2D eigenvalue weighted by molar-refractivity contribution is 0.356. The van der Waals surface area contributed by atoms with Gasteiger partial charge in [0, 0.05) is 17.3 Å². The third-order valence-electron chi connectivity index (χ3n) is 5.40. The van der Waals surface area contributed by atoms with Crippen molar-refractivity contribution in [3.05, 3.63) is 65.0 Å². The molecule has 0 amide bonds. The number of fused-ring (bicyclic) bond motifs is 1. The number of benzene rings is 2. The van der Waals surface area contributed by atoms with Crippen LogP contribution in [-0.4, -0.2) is 11.6 Å². The van der Waals surface area contributed by atoms with Crippen LogP contribution < -0.4 is 4.90 Å². The smallest absolute Gasteiger partial charge is 0.123 e. The highest BCUT2D eigenvalue weighted by Crippen LogP contribution is 2.44. The van der Waals surface area contributed by atoms with E-state index in [2.05, 4.69) is 63.8 Å². The monoisotopic (exact) mass is 362 g/mol. The van der Waals surface area contributed by atoms with Crippen LogP contribution in [0.25, 0.3) is 11.6 Å². The number of hydrogen-bond acceptors (Lipinski definition) is 2. The predicted octanol–water partition coefficient (Wildman–Crippen LogP) is 6.39. The Morgan fingerprint density at radius 3 is 2.48 bits per heavy atom. The Morgan fingerprint density at radius 2 is 1.89 bits per heavy atom. The summed E-state index contributed by atoms with van der Waals surface area (Å²) in [4.78, 5) is 2.50. The van der Waals surface area contributed by atoms with Crippen molar-refractivity contribution < 1.29 is 4.39 Å². The molecule has 27 heavy (non-hydrogen) atoms. The lowest BCUT2D eigenvalue weighted by Gasteiger charge is -2.50. The number of halogens is 1. The van der Waals surface area contributed by atoms with E-state index in [1.54, 1.807) is 12.1 Å². The molecule has 0 saturated heterocycles. The number of allylic oxidation sites excluding steroid dienone is 1. The average Bonchev–Trinajstić information content (AvgIpc) is 2.60. The molecule has 0 radical (unpaired) electrons. The quantitative estimate of drug-likeness (QED) is 0.467. The summed E-state index contributed by atoms with van der Waals surface area (Å²) in [7, 11) is 0. The van der Waals surface area contributed by atoms with E-state index in [1.807, 2.05) is 6.08 Å². The molecule has 0 aliphatic carbocycles. The lowest BCUT2D eigenvalue weighted by atomic mass is 9.78. The zero-order valence-electron chi connectivity index (χ0n) is 16.8. The second kappa shape index (κ2) is 7.19. The first-order valence-electron chi connectivity index (χ1n) is 9.54. The fourth-order valence-corrected chi connectivity index (χ4v) is 4.51. The number of rotatable bonds is 3. The number of nitriles is 1. The van der Waals surface area contributed by atoms with Gasteiger partial charge in [-0.1, -0.05) is 25.1 Å². The van der Waals surface area contributed by atoms with E-state index in [4.69, 9.17) is 0 Å². The minimum Gasteiger partial charge on any atom is -0.364 e. The van der Waals surface area contributed by atoms with Crippen LogP contribution in [0.5, 0.6) is 0 Å². The van der Waals surface area contributed by atoms with Crippen LogP contribution in [0, 0.1) is 17.1 Å². The number of nitrogens with zero attached hydrogens (tertiary/aromatic N) is 2. The summed E-state index contributed by atoms with van der Waals surface area (Å²) >= 11 is 0. The summed E-state index contributed by atoms with van der Waals surface area (Å²) in [5, 5.41) is 9.56. The lowest BCUT2D eigenvalue weighted by Crippen LogP contribution is -2.51. The third-order valence-corrected chi connectivity index (χ3v) is 5.40. The Bertz CT molecular complexity index is 901. The van der Waals surface area contributed by atoms with Crippen molar-refractivity contribution in [2.45, 2.75) is 58.5 Å². The Balaban J connectivity index is 2.04. The van der Waals surface area contributed by atoms with Gasteiger partial charge < -0.3 is 4.90 Å². The van der Waals surface area contributed by atoms with Gasteiger partial charge >= 0.3 is 0 Å². The highest BCUT2D eigenvalue weighted by molar-refractivity contribution is 5.90. The van der Waals surface area contributed by atoms with Crippen LogP contribution in [0.3, 0.4) is 0 Å². The highest BCUT2D eigenvalue weighted by atomic mass is 19.1. The van der Waals surface area contributed by atoms with Crippen LogP contribution in [-0.2, 0) is 0 Å². The molecule has 140 valence electrons. The fraction of sp³-hybridized carbons (Fsp3) is 0.375. The minimum atomic E-state index is -0.296. The number of anilines is 1. The maximum absolute atomic E-state index is 13.2. The van der Waals surface area contributed by atoms with Crippen LogP contribution >= 0.6 is 0 Å². The Hall–Kier alpha value is -2.60. The molecule has 1 atom stereocenters. The molecule has 0 saturated carbocycles. The number of hydrogen-bond donors (Lipinski definition) is 0. The minimum absolute atomic E-state index is 0.115. The summed E-state index contributed by atoms with van der Waals surface area (Å²) in [6, 6.07) is 15.2. The molecular formula is C24H27FN2. The van der Waals surface area contributed by atoms with Gasteiger partial charge in [0.2, 0.25) is 0 Å². The predicted molar refractivity (Wildman–Crippen MR) is 111 cm³/mol. The van der Waals surface area contributed by atoms with Crippen molar-refractivity contribution in [1.82, 2.24) is 0 Å². The Kier molecular flexibility index (Phi) is 5.11. The van der Waals surface area contributed by atoms with Gasteiger partial charge in [-0.15, -0.1) is 0 Å². The van der Waals surface area contributed by atoms with E-state index in [1.165, 1.54) is 23.4 Å². The maximum atomic E-state index is 13.2. The fourth-order valence-electron chi connectivity index (χ4n) is 4.51. The molecule has 2 aromatic rings. The highest BCUT2D eigenvalue weighted by Gasteiger charge is 2.37. The molecule has 0 spiro atoms. The standard InChI is InChI=1S/C24H27FN2/c1-16(2)27-23-11-6-18(13-22(23)17(3)14-24(27,4)5)12-20(15-26)19-7-9-21(25)10-8-19/h6-13,16-17H,14H2,1-5H3/b20-12-/t17-/m0/s1. The maximum Gasteiger partial charge on any atom is 0.123 e. The van der Waals surface area contributed by atoms with Crippen LogP contribution in [0.15, 0.2) is 42.5 Å². The molecule has 0 unspecified atom stereocenters. The van der Waals surface area contributed by atoms with Crippen molar-refractivity contribution in [2.75, 3.05) is 4.90 Å². The Labute approximate surface area is 161 Å². The van der Waals surface area contributed by atoms with E-state index in [-0.39, 0.29) is 11.4 Å². The first-order chi connectivity index (χ1) is 12.7. The first kappa shape index (κ1) is 19.2. The normalized spacial score (nSPS) is 19.0. The summed E-state index contributed by atoms with van der Waals surface area (Å²) < 4.78 is 13.2. The topological polar surface area (TPSA) is 27.0 Å². The van der Waals surface area contributed by atoms with Crippen molar-refractivity contribution >= 4 is 17.3 Å². The molecular weight excluding hydrogens is 335 g/mol. The van der Waals surface area contributed by atoms with E-state index in [9.17, 15) is 9.65 Å². The van der Waals surface area contributed by atoms with Gasteiger partial charge in [-0.25, -0.2) is 4.39 Å². The first-order valence-corrected chi connectivity index (χ1v) is 9.54. The molecule has 3 heteroatoms. The molecule has 0 bridgehead atoms. The van der Waals surface area contributed by atoms with Gasteiger partial charge in [0.05, 0.1) is 11.6 Å². The average molecular weight is 362 g/mol. The summed E-state index contributed by atoms with van der Waals surface area (Å²) in [6.45, 7) is 11.4. The van der Waals surface area contributed by atoms with Crippen molar-refractivity contribution in [2.24, 2.45) is 0 Å². The summed E-state index contributed by atoms with van der Waals surface area (Å²) in [6.07, 6.45) is 2.98. The second-order valence-electron chi connectivity index (χ2n) is 8.38. The molecule has 2 nitrogen and oxygen atoms in total. The van der Waals surface area contributed by atoms with E-state index in [0.717, 1.165) is 17.5 Å². The second-order valence-corrected chi connectivity index (χ2v) is 8.38. The molecule has 0 N–H and O–H groups in total. The molecule has 2 aromatic carbocycles. The summed E-state index contributed by atoms with van der Waals surface area (Å²) in [5.74, 6) is 0.157. The largest absolute Gasteiger partial charge is 0.364 e. The van der Waals surface area contributed by atoms with Gasteiger partial charge in [-0.05, 0) is 87.1 Å². The Morgan fingerprint density at radius 1 is 1.22 bits per heavy atom. The molecule has 0 aromatic heterocycles. The van der Waals surface area contributed by atoms with Crippen LogP contribution in [0.2, 0.25) is 0 Å². The molecule has 1 aliphatic heterocycles. The van der Waals surface area contributed by atoms with Gasteiger partial charge in [-0.3, -0.25) is 0 Å². The van der Waals surface area contributed by atoms with E-state index < -0.39 is 0 Å². The molecule has 0 fully saturated rings. The SMILES string of the molecule is CC(C)N1c2ccc(/C=C(/C#N)c3ccc(F)cc3)cc2[C@@H](C)CC1(C)C. The van der Waals surface area contributed by atoms with Gasteiger partial charge in [-0.2, -0.15) is 5.26 Å². The van der Waals surface area contributed by atoms with Crippen molar-refractivity contribution in [3.63, 3.8) is 0 Å². The van der Waals surface area contributed by atoms with Gasteiger partial charge in [0.25, 0.3) is 0 Å². The third kappa shape index (κ3) is 3.76. The molecule has 1 heterocycles. The summed E-state index contributed by atoms with van der Waals surface area (Å²) in [5.41, 5.74) is 5.00. The van der Waals surface area contributed by atoms with Crippen LogP contribution in [0.1, 0.15) is 63.6 Å². The zero-order chi connectivity index (χ0) is 19.8. The van der Waals surface area contributed by atoms with Crippen LogP contribution in [0.4, 0.5) is 10.1 Å².